The van der Waals surface area contributed by atoms with Crippen molar-refractivity contribution in [2.75, 3.05) is 0 Å². The fourth-order valence-electron chi connectivity index (χ4n) is 2.43. The van der Waals surface area contributed by atoms with Crippen molar-refractivity contribution in [1.29, 1.82) is 0 Å². The van der Waals surface area contributed by atoms with Crippen LogP contribution in [0.3, 0.4) is 0 Å². The van der Waals surface area contributed by atoms with E-state index in [2.05, 4.69) is 0 Å². The van der Waals surface area contributed by atoms with Crippen molar-refractivity contribution in [2.45, 2.75) is 38.2 Å². The number of halogens is 2. The Balaban J connectivity index is 2.32. The Kier molecular flexibility index (Phi) is 2.12. The van der Waals surface area contributed by atoms with E-state index < -0.39 is 11.5 Å². The van der Waals surface area contributed by atoms with E-state index in [1.54, 1.807) is 0 Å². The zero-order valence-corrected chi connectivity index (χ0v) is 8.98. The van der Waals surface area contributed by atoms with Gasteiger partial charge in [-0.3, -0.25) is 0 Å². The standard InChI is InChI=1S/C12H15F2N/c1-8-3-4-10(9(2)5-8)11(15)6-12(13,14)7-11/h3-5H,6-7,15H2,1-2H3. The summed E-state index contributed by atoms with van der Waals surface area (Å²) >= 11 is 0. The Bertz CT molecular complexity index is 391. The molecule has 1 fully saturated rings. The summed E-state index contributed by atoms with van der Waals surface area (Å²) in [5.41, 5.74) is 8.15. The highest BCUT2D eigenvalue weighted by Gasteiger charge is 2.55. The lowest BCUT2D eigenvalue weighted by Gasteiger charge is -2.45. The van der Waals surface area contributed by atoms with Crippen molar-refractivity contribution < 1.29 is 8.78 Å². The van der Waals surface area contributed by atoms with E-state index in [0.29, 0.717) is 0 Å². The van der Waals surface area contributed by atoms with Crippen LogP contribution in [0.25, 0.3) is 0 Å². The number of rotatable bonds is 1. The van der Waals surface area contributed by atoms with Gasteiger partial charge >= 0.3 is 0 Å². The number of alkyl halides is 2. The maximum atomic E-state index is 12.9. The molecule has 0 aromatic heterocycles. The molecule has 3 heteroatoms. The van der Waals surface area contributed by atoms with Crippen molar-refractivity contribution in [3.8, 4) is 0 Å². The highest BCUT2D eigenvalue weighted by atomic mass is 19.3. The van der Waals surface area contributed by atoms with Crippen molar-refractivity contribution in [3.63, 3.8) is 0 Å². The quantitative estimate of drug-likeness (QED) is 0.759. The van der Waals surface area contributed by atoms with Gasteiger partial charge in [0.2, 0.25) is 0 Å². The maximum absolute atomic E-state index is 12.9. The van der Waals surface area contributed by atoms with E-state index in [4.69, 9.17) is 5.73 Å². The van der Waals surface area contributed by atoms with Crippen molar-refractivity contribution in [3.05, 3.63) is 34.9 Å². The first-order valence-corrected chi connectivity index (χ1v) is 5.07. The molecular formula is C12H15F2N. The maximum Gasteiger partial charge on any atom is 0.252 e. The molecule has 0 unspecified atom stereocenters. The topological polar surface area (TPSA) is 26.0 Å². The van der Waals surface area contributed by atoms with Gasteiger partial charge in [-0.25, -0.2) is 8.78 Å². The van der Waals surface area contributed by atoms with E-state index in [0.717, 1.165) is 16.7 Å². The minimum atomic E-state index is -2.58. The van der Waals surface area contributed by atoms with Gasteiger partial charge < -0.3 is 5.73 Å². The van der Waals surface area contributed by atoms with Crippen LogP contribution in [-0.2, 0) is 5.54 Å². The minimum absolute atomic E-state index is 0.232. The summed E-state index contributed by atoms with van der Waals surface area (Å²) in [7, 11) is 0. The highest BCUT2D eigenvalue weighted by molar-refractivity contribution is 5.38. The second-order valence-corrected chi connectivity index (χ2v) is 4.68. The van der Waals surface area contributed by atoms with Gasteiger partial charge in [0.05, 0.1) is 5.54 Å². The number of aryl methyl sites for hydroxylation is 2. The minimum Gasteiger partial charge on any atom is -0.321 e. The molecule has 15 heavy (non-hydrogen) atoms. The fraction of sp³-hybridized carbons (Fsp3) is 0.500. The average Bonchev–Trinajstić information content (AvgIpc) is 1.98. The molecule has 1 aliphatic carbocycles. The third-order valence-corrected chi connectivity index (χ3v) is 3.07. The van der Waals surface area contributed by atoms with Crippen LogP contribution >= 0.6 is 0 Å². The van der Waals surface area contributed by atoms with E-state index >= 15 is 0 Å². The van der Waals surface area contributed by atoms with Crippen LogP contribution in [0.1, 0.15) is 29.5 Å². The summed E-state index contributed by atoms with van der Waals surface area (Å²) in [4.78, 5) is 0. The lowest BCUT2D eigenvalue weighted by Crippen LogP contribution is -2.55. The molecule has 0 saturated heterocycles. The monoisotopic (exact) mass is 211 g/mol. The van der Waals surface area contributed by atoms with Gasteiger partial charge in [0.25, 0.3) is 5.92 Å². The molecule has 1 aromatic carbocycles. The van der Waals surface area contributed by atoms with Crippen LogP contribution in [-0.4, -0.2) is 5.92 Å². The summed E-state index contributed by atoms with van der Waals surface area (Å²) in [5.74, 6) is -2.58. The molecule has 1 aliphatic rings. The molecule has 0 bridgehead atoms. The summed E-state index contributed by atoms with van der Waals surface area (Å²) in [6.45, 7) is 3.91. The van der Waals surface area contributed by atoms with E-state index in [1.807, 2.05) is 32.0 Å². The normalized spacial score (nSPS) is 22.2. The predicted molar refractivity (Wildman–Crippen MR) is 56.0 cm³/mol. The number of hydrogen-bond acceptors (Lipinski definition) is 1. The van der Waals surface area contributed by atoms with E-state index in [1.165, 1.54) is 0 Å². The zero-order chi connectivity index (χ0) is 11.3. The molecule has 0 amide bonds. The van der Waals surface area contributed by atoms with Crippen LogP contribution in [0, 0.1) is 13.8 Å². The average molecular weight is 211 g/mol. The van der Waals surface area contributed by atoms with Gasteiger partial charge in [-0.15, -0.1) is 0 Å². The number of benzene rings is 1. The Morgan fingerprint density at radius 1 is 1.20 bits per heavy atom. The molecule has 2 N–H and O–H groups in total. The highest BCUT2D eigenvalue weighted by Crippen LogP contribution is 2.50. The van der Waals surface area contributed by atoms with Crippen LogP contribution in [0.2, 0.25) is 0 Å². The molecule has 0 heterocycles. The first-order chi connectivity index (χ1) is 6.82. The fourth-order valence-corrected chi connectivity index (χ4v) is 2.43. The molecule has 1 nitrogen and oxygen atoms in total. The SMILES string of the molecule is Cc1ccc(C2(N)CC(F)(F)C2)c(C)c1. The summed E-state index contributed by atoms with van der Waals surface area (Å²) in [5, 5.41) is 0. The first kappa shape index (κ1) is 10.6. The Morgan fingerprint density at radius 3 is 2.27 bits per heavy atom. The van der Waals surface area contributed by atoms with Gasteiger partial charge in [-0.2, -0.15) is 0 Å². The van der Waals surface area contributed by atoms with E-state index in [-0.39, 0.29) is 12.8 Å². The van der Waals surface area contributed by atoms with Gasteiger partial charge in [0, 0.05) is 12.8 Å². The summed E-state index contributed by atoms with van der Waals surface area (Å²) in [6, 6.07) is 5.79. The smallest absolute Gasteiger partial charge is 0.252 e. The van der Waals surface area contributed by atoms with Crippen LogP contribution < -0.4 is 5.73 Å². The van der Waals surface area contributed by atoms with Crippen molar-refractivity contribution in [2.24, 2.45) is 5.73 Å². The van der Waals surface area contributed by atoms with Gasteiger partial charge in [-0.1, -0.05) is 23.8 Å². The first-order valence-electron chi connectivity index (χ1n) is 5.07. The third kappa shape index (κ3) is 1.76. The Hall–Kier alpha value is -0.960. The Labute approximate surface area is 88.3 Å². The third-order valence-electron chi connectivity index (χ3n) is 3.07. The second-order valence-electron chi connectivity index (χ2n) is 4.68. The van der Waals surface area contributed by atoms with Gasteiger partial charge in [-0.05, 0) is 25.0 Å². The molecule has 0 atom stereocenters. The van der Waals surface area contributed by atoms with Crippen LogP contribution in [0.5, 0.6) is 0 Å². The van der Waals surface area contributed by atoms with Gasteiger partial charge in [0.15, 0.2) is 0 Å². The summed E-state index contributed by atoms with van der Waals surface area (Å²) in [6.07, 6.45) is -0.464. The van der Waals surface area contributed by atoms with Gasteiger partial charge in [0.1, 0.15) is 0 Å². The van der Waals surface area contributed by atoms with Crippen LogP contribution in [0.4, 0.5) is 8.78 Å². The molecule has 0 radical (unpaired) electrons. The molecule has 2 rings (SSSR count). The molecule has 1 saturated carbocycles. The summed E-state index contributed by atoms with van der Waals surface area (Å²) < 4.78 is 25.7. The predicted octanol–water partition coefficient (Wildman–Crippen LogP) is 2.89. The largest absolute Gasteiger partial charge is 0.321 e. The van der Waals surface area contributed by atoms with E-state index in [9.17, 15) is 8.78 Å². The number of nitrogens with two attached hydrogens (primary N) is 1. The lowest BCUT2D eigenvalue weighted by atomic mass is 9.68. The molecule has 1 aromatic rings. The Morgan fingerprint density at radius 2 is 1.80 bits per heavy atom. The molecule has 0 aliphatic heterocycles. The molecule has 82 valence electrons. The van der Waals surface area contributed by atoms with Crippen molar-refractivity contribution >= 4 is 0 Å². The zero-order valence-electron chi connectivity index (χ0n) is 8.98. The lowest BCUT2D eigenvalue weighted by molar-refractivity contribution is -0.125. The molecular weight excluding hydrogens is 196 g/mol. The second kappa shape index (κ2) is 3.01. The van der Waals surface area contributed by atoms with Crippen molar-refractivity contribution in [1.82, 2.24) is 0 Å². The van der Waals surface area contributed by atoms with Crippen LogP contribution in [0.15, 0.2) is 18.2 Å². The molecule has 0 spiro atoms. The number of hydrogen-bond donors (Lipinski definition) is 1.